The molecule has 0 amide bonds. The Bertz CT molecular complexity index is 368. The molecule has 1 unspecified atom stereocenters. The lowest BCUT2D eigenvalue weighted by Crippen LogP contribution is -2.29. The number of benzene rings is 1. The highest BCUT2D eigenvalue weighted by molar-refractivity contribution is 5.30. The van der Waals surface area contributed by atoms with Crippen molar-refractivity contribution in [3.8, 4) is 11.8 Å². The Balaban J connectivity index is 2.61. The van der Waals surface area contributed by atoms with E-state index >= 15 is 0 Å². The van der Waals surface area contributed by atoms with Gasteiger partial charge in [0.1, 0.15) is 18.4 Å². The van der Waals surface area contributed by atoms with E-state index in [4.69, 9.17) is 10.00 Å². The standard InChI is InChI=1S/C13H18N2O/c1-10(2)11-5-4-6-13(7-11)16-9-12(8-14)15-3/h4-7,10,12,15H,9H2,1-3H3. The summed E-state index contributed by atoms with van der Waals surface area (Å²) >= 11 is 0. The van der Waals surface area contributed by atoms with Crippen LogP contribution in [-0.4, -0.2) is 19.7 Å². The van der Waals surface area contributed by atoms with Crippen LogP contribution in [0.4, 0.5) is 0 Å². The van der Waals surface area contributed by atoms with Gasteiger partial charge in [-0.25, -0.2) is 0 Å². The van der Waals surface area contributed by atoms with Gasteiger partial charge in [-0.3, -0.25) is 0 Å². The van der Waals surface area contributed by atoms with Crippen LogP contribution < -0.4 is 10.1 Å². The summed E-state index contributed by atoms with van der Waals surface area (Å²) in [5.74, 6) is 1.31. The lowest BCUT2D eigenvalue weighted by atomic mass is 10.0. The number of rotatable bonds is 5. The summed E-state index contributed by atoms with van der Waals surface area (Å²) in [5, 5.41) is 11.6. The predicted molar refractivity (Wildman–Crippen MR) is 64.5 cm³/mol. The van der Waals surface area contributed by atoms with Gasteiger partial charge in [0.15, 0.2) is 0 Å². The molecule has 0 spiro atoms. The molecule has 0 aliphatic rings. The molecule has 0 saturated carbocycles. The second-order valence-electron chi connectivity index (χ2n) is 4.01. The van der Waals surface area contributed by atoms with Crippen LogP contribution in [0.15, 0.2) is 24.3 Å². The average molecular weight is 218 g/mol. The fourth-order valence-electron chi connectivity index (χ4n) is 1.33. The molecule has 0 aliphatic carbocycles. The Kier molecular flexibility index (Phi) is 4.81. The Labute approximate surface area is 97.0 Å². The minimum Gasteiger partial charge on any atom is -0.491 e. The summed E-state index contributed by atoms with van der Waals surface area (Å²) < 4.78 is 5.56. The van der Waals surface area contributed by atoms with Crippen molar-refractivity contribution in [2.75, 3.05) is 13.7 Å². The second kappa shape index (κ2) is 6.14. The van der Waals surface area contributed by atoms with Crippen LogP contribution >= 0.6 is 0 Å². The van der Waals surface area contributed by atoms with Gasteiger partial charge in [0.2, 0.25) is 0 Å². The number of nitriles is 1. The zero-order chi connectivity index (χ0) is 12.0. The van der Waals surface area contributed by atoms with Gasteiger partial charge in [-0.05, 0) is 30.7 Å². The van der Waals surface area contributed by atoms with Gasteiger partial charge in [-0.15, -0.1) is 0 Å². The minimum absolute atomic E-state index is 0.261. The molecule has 16 heavy (non-hydrogen) atoms. The molecule has 1 atom stereocenters. The topological polar surface area (TPSA) is 45.0 Å². The molecule has 3 nitrogen and oxygen atoms in total. The second-order valence-corrected chi connectivity index (χ2v) is 4.01. The first kappa shape index (κ1) is 12.5. The van der Waals surface area contributed by atoms with Crippen molar-refractivity contribution in [2.24, 2.45) is 0 Å². The van der Waals surface area contributed by atoms with Crippen molar-refractivity contribution < 1.29 is 4.74 Å². The lowest BCUT2D eigenvalue weighted by molar-refractivity contribution is 0.294. The first-order valence-corrected chi connectivity index (χ1v) is 5.47. The van der Waals surface area contributed by atoms with Crippen molar-refractivity contribution in [3.63, 3.8) is 0 Å². The van der Waals surface area contributed by atoms with Crippen LogP contribution in [0, 0.1) is 11.3 Å². The molecule has 0 saturated heterocycles. The van der Waals surface area contributed by atoms with Crippen LogP contribution in [0.25, 0.3) is 0 Å². The summed E-state index contributed by atoms with van der Waals surface area (Å²) in [6.07, 6.45) is 0. The molecule has 0 aromatic heterocycles. The molecule has 86 valence electrons. The third-order valence-corrected chi connectivity index (χ3v) is 2.45. The molecule has 0 radical (unpaired) electrons. The molecule has 1 aromatic carbocycles. The maximum Gasteiger partial charge on any atom is 0.129 e. The number of nitrogens with zero attached hydrogens (tertiary/aromatic N) is 1. The van der Waals surface area contributed by atoms with E-state index in [9.17, 15) is 0 Å². The lowest BCUT2D eigenvalue weighted by Gasteiger charge is -2.12. The SMILES string of the molecule is CNC(C#N)COc1cccc(C(C)C)c1. The van der Waals surface area contributed by atoms with E-state index in [1.165, 1.54) is 5.56 Å². The number of hydrogen-bond acceptors (Lipinski definition) is 3. The van der Waals surface area contributed by atoms with E-state index in [1.54, 1.807) is 7.05 Å². The number of nitrogens with one attached hydrogen (secondary N) is 1. The van der Waals surface area contributed by atoms with Gasteiger partial charge < -0.3 is 10.1 Å². The highest BCUT2D eigenvalue weighted by atomic mass is 16.5. The summed E-state index contributed by atoms with van der Waals surface area (Å²) in [5.41, 5.74) is 1.25. The third-order valence-electron chi connectivity index (χ3n) is 2.45. The van der Waals surface area contributed by atoms with Crippen molar-refractivity contribution in [1.29, 1.82) is 5.26 Å². The monoisotopic (exact) mass is 218 g/mol. The summed E-state index contributed by atoms with van der Waals surface area (Å²) in [6, 6.07) is 9.86. The minimum atomic E-state index is -0.261. The first-order valence-electron chi connectivity index (χ1n) is 5.47. The maximum atomic E-state index is 8.75. The molecule has 0 heterocycles. The van der Waals surface area contributed by atoms with Crippen LogP contribution in [0.5, 0.6) is 5.75 Å². The highest BCUT2D eigenvalue weighted by Gasteiger charge is 2.05. The number of ether oxygens (including phenoxy) is 1. The van der Waals surface area contributed by atoms with Crippen molar-refractivity contribution >= 4 is 0 Å². The van der Waals surface area contributed by atoms with E-state index in [-0.39, 0.29) is 6.04 Å². The molecule has 3 heteroatoms. The summed E-state index contributed by atoms with van der Waals surface area (Å²) in [6.45, 7) is 4.66. The highest BCUT2D eigenvalue weighted by Crippen LogP contribution is 2.20. The van der Waals surface area contributed by atoms with Gasteiger partial charge in [0.25, 0.3) is 0 Å². The fourth-order valence-corrected chi connectivity index (χ4v) is 1.33. The Morgan fingerprint density at radius 2 is 2.19 bits per heavy atom. The van der Waals surface area contributed by atoms with E-state index in [2.05, 4.69) is 31.3 Å². The molecule has 1 aromatic rings. The van der Waals surface area contributed by atoms with Gasteiger partial charge in [0, 0.05) is 0 Å². The normalized spacial score (nSPS) is 12.2. The predicted octanol–water partition coefficient (Wildman–Crippen LogP) is 2.30. The molecule has 0 aliphatic heterocycles. The van der Waals surface area contributed by atoms with Crippen LogP contribution in [0.1, 0.15) is 25.3 Å². The molecule has 0 fully saturated rings. The number of likely N-dealkylation sites (N-methyl/N-ethyl adjacent to an activating group) is 1. The van der Waals surface area contributed by atoms with Gasteiger partial charge in [-0.2, -0.15) is 5.26 Å². The van der Waals surface area contributed by atoms with Gasteiger partial charge in [-0.1, -0.05) is 26.0 Å². The largest absolute Gasteiger partial charge is 0.491 e. The maximum absolute atomic E-state index is 8.75. The summed E-state index contributed by atoms with van der Waals surface area (Å²) in [4.78, 5) is 0. The third kappa shape index (κ3) is 3.56. The Morgan fingerprint density at radius 1 is 1.44 bits per heavy atom. The van der Waals surface area contributed by atoms with Crippen molar-refractivity contribution in [2.45, 2.75) is 25.8 Å². The zero-order valence-corrected chi connectivity index (χ0v) is 10.0. The van der Waals surface area contributed by atoms with Gasteiger partial charge in [0.05, 0.1) is 6.07 Å². The molecule has 0 bridgehead atoms. The van der Waals surface area contributed by atoms with Gasteiger partial charge >= 0.3 is 0 Å². The quantitative estimate of drug-likeness (QED) is 0.824. The Hall–Kier alpha value is -1.53. The Morgan fingerprint density at radius 3 is 2.75 bits per heavy atom. The molecular formula is C13H18N2O. The van der Waals surface area contributed by atoms with Crippen molar-refractivity contribution in [1.82, 2.24) is 5.32 Å². The van der Waals surface area contributed by atoms with E-state index < -0.39 is 0 Å². The van der Waals surface area contributed by atoms with Crippen LogP contribution in [0.3, 0.4) is 0 Å². The van der Waals surface area contributed by atoms with Crippen LogP contribution in [-0.2, 0) is 0 Å². The molecule has 1 N–H and O–H groups in total. The first-order chi connectivity index (χ1) is 7.67. The summed E-state index contributed by atoms with van der Waals surface area (Å²) in [7, 11) is 1.75. The van der Waals surface area contributed by atoms with Crippen molar-refractivity contribution in [3.05, 3.63) is 29.8 Å². The number of hydrogen-bond donors (Lipinski definition) is 1. The molecular weight excluding hydrogens is 200 g/mol. The van der Waals surface area contributed by atoms with E-state index in [1.807, 2.05) is 18.2 Å². The molecule has 1 rings (SSSR count). The fraction of sp³-hybridized carbons (Fsp3) is 0.462. The average Bonchev–Trinajstić information content (AvgIpc) is 2.31. The van der Waals surface area contributed by atoms with E-state index in [0.717, 1.165) is 5.75 Å². The zero-order valence-electron chi connectivity index (χ0n) is 10.0. The van der Waals surface area contributed by atoms with Crippen LogP contribution in [0.2, 0.25) is 0 Å². The van der Waals surface area contributed by atoms with E-state index in [0.29, 0.717) is 12.5 Å². The smallest absolute Gasteiger partial charge is 0.129 e.